The molecule has 194 valence electrons. The van der Waals surface area contributed by atoms with Gasteiger partial charge in [-0.25, -0.2) is 0 Å². The predicted molar refractivity (Wildman–Crippen MR) is 155 cm³/mol. The number of nitrogens with zero attached hydrogens (tertiary/aromatic N) is 2. The minimum absolute atomic E-state index is 0.220. The van der Waals surface area contributed by atoms with Gasteiger partial charge in [-0.05, 0) is 54.1 Å². The van der Waals surface area contributed by atoms with Crippen molar-refractivity contribution in [1.82, 2.24) is 4.90 Å². The van der Waals surface area contributed by atoms with Gasteiger partial charge in [-0.15, -0.1) is 0 Å². The van der Waals surface area contributed by atoms with Crippen LogP contribution < -0.4 is 19.1 Å². The molecule has 11 heteroatoms. The molecule has 38 heavy (non-hydrogen) atoms. The van der Waals surface area contributed by atoms with E-state index in [1.54, 1.807) is 47.0 Å². The van der Waals surface area contributed by atoms with Gasteiger partial charge < -0.3 is 14.2 Å². The van der Waals surface area contributed by atoms with E-state index in [1.807, 2.05) is 30.3 Å². The van der Waals surface area contributed by atoms with Crippen molar-refractivity contribution in [2.45, 2.75) is 9.79 Å². The number of para-hydroxylation sites is 1. The smallest absolute Gasteiger partial charge is 0.266 e. The molecular weight excluding hydrogens is 564 g/mol. The first kappa shape index (κ1) is 26.4. The van der Waals surface area contributed by atoms with E-state index in [-0.39, 0.29) is 18.4 Å². The van der Waals surface area contributed by atoms with E-state index in [0.29, 0.717) is 42.7 Å². The zero-order chi connectivity index (χ0) is 27.0. The molecule has 1 saturated heterocycles. The Morgan fingerprint density at radius 2 is 1.63 bits per heavy atom. The van der Waals surface area contributed by atoms with Crippen molar-refractivity contribution in [3.8, 4) is 17.2 Å². The third-order valence-electron chi connectivity index (χ3n) is 5.89. The summed E-state index contributed by atoms with van der Waals surface area (Å²) in [5.41, 5.74) is 2.07. The van der Waals surface area contributed by atoms with Gasteiger partial charge in [0.05, 0.1) is 37.6 Å². The van der Waals surface area contributed by atoms with Crippen LogP contribution in [0.15, 0.2) is 69.3 Å². The Morgan fingerprint density at radius 3 is 2.32 bits per heavy atom. The number of methoxy groups -OCH3 is 3. The molecule has 0 aromatic heterocycles. The summed E-state index contributed by atoms with van der Waals surface area (Å²) in [7, 11) is 4.57. The zero-order valence-electron chi connectivity index (χ0n) is 20.5. The third kappa shape index (κ3) is 4.84. The SMILES string of the molecule is COc1cc(/C=C2/SC(=S)N(CC(=O)N3c4ccccc4Sc4ccc(Cl)cc43)C2=O)cc(OC)c1OC. The van der Waals surface area contributed by atoms with Crippen molar-refractivity contribution in [3.05, 3.63) is 70.1 Å². The van der Waals surface area contributed by atoms with E-state index in [9.17, 15) is 9.59 Å². The maximum Gasteiger partial charge on any atom is 0.266 e. The number of rotatable bonds is 6. The van der Waals surface area contributed by atoms with Crippen LogP contribution in [-0.2, 0) is 9.59 Å². The number of ether oxygens (including phenoxy) is 3. The van der Waals surface area contributed by atoms with Gasteiger partial charge in [-0.1, -0.05) is 59.5 Å². The molecule has 0 atom stereocenters. The summed E-state index contributed by atoms with van der Waals surface area (Å²) < 4.78 is 16.5. The van der Waals surface area contributed by atoms with Crippen LogP contribution >= 0.6 is 47.3 Å². The number of carbonyl (C=O) groups excluding carboxylic acids is 2. The molecule has 7 nitrogen and oxygen atoms in total. The van der Waals surface area contributed by atoms with Gasteiger partial charge in [0.1, 0.15) is 10.9 Å². The summed E-state index contributed by atoms with van der Waals surface area (Å²) in [6, 6.07) is 16.5. The predicted octanol–water partition coefficient (Wildman–Crippen LogP) is 6.40. The van der Waals surface area contributed by atoms with Crippen molar-refractivity contribution in [1.29, 1.82) is 0 Å². The second-order valence-electron chi connectivity index (χ2n) is 8.14. The van der Waals surface area contributed by atoms with E-state index in [2.05, 4.69) is 0 Å². The molecule has 1 fully saturated rings. The number of hydrogen-bond acceptors (Lipinski definition) is 8. The van der Waals surface area contributed by atoms with Gasteiger partial charge in [0, 0.05) is 14.8 Å². The highest BCUT2D eigenvalue weighted by atomic mass is 35.5. The van der Waals surface area contributed by atoms with Crippen LogP contribution in [0.25, 0.3) is 6.08 Å². The number of halogens is 1. The molecule has 3 aromatic carbocycles. The van der Waals surface area contributed by atoms with Crippen molar-refractivity contribution in [2.24, 2.45) is 0 Å². The van der Waals surface area contributed by atoms with Crippen molar-refractivity contribution >= 4 is 80.9 Å². The van der Waals surface area contributed by atoms with E-state index in [0.717, 1.165) is 27.2 Å². The Hall–Kier alpha value is -3.18. The Balaban J connectivity index is 1.44. The molecule has 2 amide bonds. The van der Waals surface area contributed by atoms with Crippen molar-refractivity contribution in [2.75, 3.05) is 32.8 Å². The number of hydrogen-bond donors (Lipinski definition) is 0. The number of benzene rings is 3. The Morgan fingerprint density at radius 1 is 0.947 bits per heavy atom. The molecule has 0 N–H and O–H groups in total. The van der Waals surface area contributed by atoms with Gasteiger partial charge in [-0.2, -0.15) is 0 Å². The number of thiocarbonyl (C=S) groups is 1. The molecule has 5 rings (SSSR count). The van der Waals surface area contributed by atoms with Crippen molar-refractivity contribution < 1.29 is 23.8 Å². The molecule has 0 spiro atoms. The van der Waals surface area contributed by atoms with Gasteiger partial charge in [-0.3, -0.25) is 19.4 Å². The number of carbonyl (C=O) groups is 2. The normalized spacial score (nSPS) is 15.4. The summed E-state index contributed by atoms with van der Waals surface area (Å²) in [4.78, 5) is 32.3. The summed E-state index contributed by atoms with van der Waals surface area (Å²) in [6.45, 7) is -0.220. The maximum absolute atomic E-state index is 13.7. The summed E-state index contributed by atoms with van der Waals surface area (Å²) in [5, 5.41) is 0.514. The topological polar surface area (TPSA) is 68.3 Å². The Labute approximate surface area is 238 Å². The van der Waals surface area contributed by atoms with Crippen LogP contribution in [0.2, 0.25) is 5.02 Å². The van der Waals surface area contributed by atoms with Crippen LogP contribution in [0.3, 0.4) is 0 Å². The summed E-state index contributed by atoms with van der Waals surface area (Å²) in [6.07, 6.45) is 1.69. The van der Waals surface area contributed by atoms with Crippen LogP contribution in [0.5, 0.6) is 17.2 Å². The number of thioether (sulfide) groups is 1. The lowest BCUT2D eigenvalue weighted by Crippen LogP contribution is -2.41. The standard InChI is InChI=1S/C27H21ClN2O5S3/c1-33-19-10-15(11-20(34-2)25(19)35-3)12-23-26(32)29(27(36)38-23)14-24(31)30-17-6-4-5-7-21(17)37-22-9-8-16(28)13-18(22)30/h4-13H,14H2,1-3H3/b23-12+. The quantitative estimate of drug-likeness (QED) is 0.244. The fourth-order valence-electron chi connectivity index (χ4n) is 4.18. The minimum Gasteiger partial charge on any atom is -0.493 e. The second-order valence-corrected chi connectivity index (χ2v) is 11.3. The Kier molecular flexibility index (Phi) is 7.58. The molecule has 0 bridgehead atoms. The maximum atomic E-state index is 13.7. The van der Waals surface area contributed by atoms with Gasteiger partial charge in [0.25, 0.3) is 11.8 Å². The van der Waals surface area contributed by atoms with Crippen LogP contribution in [0, 0.1) is 0 Å². The summed E-state index contributed by atoms with van der Waals surface area (Å²) >= 11 is 14.5. The third-order valence-corrected chi connectivity index (χ3v) is 8.63. The molecule has 2 heterocycles. The lowest BCUT2D eigenvalue weighted by atomic mass is 10.1. The van der Waals surface area contributed by atoms with Crippen molar-refractivity contribution in [3.63, 3.8) is 0 Å². The highest BCUT2D eigenvalue weighted by Gasteiger charge is 2.36. The fraction of sp³-hybridized carbons (Fsp3) is 0.148. The largest absolute Gasteiger partial charge is 0.493 e. The molecule has 0 saturated carbocycles. The van der Waals surface area contributed by atoms with Gasteiger partial charge in [0.2, 0.25) is 5.75 Å². The fourth-order valence-corrected chi connectivity index (χ4v) is 6.63. The molecule has 0 radical (unpaired) electrons. The molecule has 3 aromatic rings. The highest BCUT2D eigenvalue weighted by Crippen LogP contribution is 2.49. The minimum atomic E-state index is -0.354. The van der Waals surface area contributed by atoms with E-state index < -0.39 is 0 Å². The molecule has 0 aliphatic carbocycles. The average molecular weight is 585 g/mol. The molecule has 2 aliphatic rings. The molecular formula is C27H21ClN2O5S3. The van der Waals surface area contributed by atoms with Crippen LogP contribution in [0.4, 0.5) is 11.4 Å². The lowest BCUT2D eigenvalue weighted by molar-refractivity contribution is -0.127. The number of fused-ring (bicyclic) bond motifs is 2. The summed E-state index contributed by atoms with van der Waals surface area (Å²) in [5.74, 6) is 0.718. The zero-order valence-corrected chi connectivity index (χ0v) is 23.7. The van der Waals surface area contributed by atoms with E-state index in [1.165, 1.54) is 26.2 Å². The average Bonchev–Trinajstić information content (AvgIpc) is 3.18. The van der Waals surface area contributed by atoms with Gasteiger partial charge in [0.15, 0.2) is 11.5 Å². The lowest BCUT2D eigenvalue weighted by Gasteiger charge is -2.32. The first-order valence-corrected chi connectivity index (χ1v) is 13.7. The van der Waals surface area contributed by atoms with Crippen LogP contribution in [0.1, 0.15) is 5.56 Å². The monoisotopic (exact) mass is 584 g/mol. The first-order valence-electron chi connectivity index (χ1n) is 11.3. The van der Waals surface area contributed by atoms with E-state index >= 15 is 0 Å². The highest BCUT2D eigenvalue weighted by molar-refractivity contribution is 8.26. The number of anilines is 2. The molecule has 0 unspecified atom stereocenters. The first-order chi connectivity index (χ1) is 18.3. The van der Waals surface area contributed by atoms with E-state index in [4.69, 9.17) is 38.0 Å². The van der Waals surface area contributed by atoms with Crippen LogP contribution in [-0.4, -0.2) is 48.9 Å². The Bertz CT molecular complexity index is 1480. The number of amides is 2. The second kappa shape index (κ2) is 10.9. The van der Waals surface area contributed by atoms with Gasteiger partial charge >= 0.3 is 0 Å². The molecule has 2 aliphatic heterocycles.